The molecular weight excluding hydrogens is 612 g/mol. The number of nitrogens with zero attached hydrogens (tertiary/aromatic N) is 1. The molecule has 3 aliphatic carbocycles. The molecule has 1 saturated heterocycles. The third-order valence-corrected chi connectivity index (χ3v) is 12.2. The zero-order valence-electron chi connectivity index (χ0n) is 29.7. The fraction of sp³-hybridized carbons (Fsp3) is 0.512. The van der Waals surface area contributed by atoms with Crippen LogP contribution in [0.15, 0.2) is 72.8 Å². The van der Waals surface area contributed by atoms with Crippen molar-refractivity contribution in [1.29, 1.82) is 0 Å². The number of likely N-dealkylation sites (tertiary alicyclic amines) is 1. The van der Waals surface area contributed by atoms with Gasteiger partial charge in [0.15, 0.2) is 0 Å². The number of carbonyl (C=O) groups excluding carboxylic acids is 2. The fourth-order valence-electron chi connectivity index (χ4n) is 9.33. The maximum atomic E-state index is 14.2. The maximum Gasteiger partial charge on any atom is 0.251 e. The van der Waals surface area contributed by atoms with Crippen molar-refractivity contribution in [3.63, 3.8) is 0 Å². The van der Waals surface area contributed by atoms with Gasteiger partial charge in [-0.3, -0.25) is 14.5 Å². The predicted molar refractivity (Wildman–Crippen MR) is 194 cm³/mol. The number of para-hydroxylation sites is 1. The zero-order chi connectivity index (χ0) is 34.9. The topological polar surface area (TPSA) is 117 Å². The van der Waals surface area contributed by atoms with Crippen molar-refractivity contribution in [2.75, 3.05) is 26.7 Å². The van der Waals surface area contributed by atoms with Crippen molar-refractivity contribution in [3.05, 3.63) is 89.5 Å². The van der Waals surface area contributed by atoms with Gasteiger partial charge in [0.25, 0.3) is 5.91 Å². The number of hydrogen-bond donors (Lipinski definition) is 4. The van der Waals surface area contributed by atoms with Gasteiger partial charge in [0.2, 0.25) is 5.91 Å². The molecule has 49 heavy (non-hydrogen) atoms. The Morgan fingerprint density at radius 2 is 1.82 bits per heavy atom. The summed E-state index contributed by atoms with van der Waals surface area (Å²) in [7, 11) is 1.66. The lowest BCUT2D eigenvalue weighted by atomic mass is 9.45. The maximum absolute atomic E-state index is 14.2. The third kappa shape index (κ3) is 7.01. The van der Waals surface area contributed by atoms with Crippen LogP contribution in [0.5, 0.6) is 5.75 Å². The lowest BCUT2D eigenvalue weighted by molar-refractivity contribution is -0.139. The summed E-state index contributed by atoms with van der Waals surface area (Å²) >= 11 is 0. The molecule has 0 unspecified atom stereocenters. The number of benzene rings is 3. The van der Waals surface area contributed by atoms with Crippen LogP contribution >= 0.6 is 0 Å². The Kier molecular flexibility index (Phi) is 10.5. The van der Waals surface area contributed by atoms with Gasteiger partial charge in [-0.05, 0) is 85.1 Å². The molecule has 4 aliphatic rings. The normalized spacial score (nSPS) is 27.9. The highest BCUT2D eigenvalue weighted by Crippen LogP contribution is 2.61. The van der Waals surface area contributed by atoms with E-state index in [0.29, 0.717) is 60.7 Å². The van der Waals surface area contributed by atoms with Crippen LogP contribution < -0.4 is 21.1 Å². The highest BCUT2D eigenvalue weighted by Gasteiger charge is 2.57. The molecular formula is C41H54N4O4. The van der Waals surface area contributed by atoms with Gasteiger partial charge in [-0.25, -0.2) is 0 Å². The summed E-state index contributed by atoms with van der Waals surface area (Å²) in [5, 5.41) is 17.5. The van der Waals surface area contributed by atoms with E-state index < -0.39 is 12.1 Å². The smallest absolute Gasteiger partial charge is 0.251 e. The first-order valence-electron chi connectivity index (χ1n) is 18.0. The second kappa shape index (κ2) is 14.6. The van der Waals surface area contributed by atoms with Gasteiger partial charge in [-0.2, -0.15) is 0 Å². The van der Waals surface area contributed by atoms with E-state index in [-0.39, 0.29) is 29.7 Å². The number of amides is 2. The number of fused-ring (bicyclic) bond motifs is 2. The first-order chi connectivity index (χ1) is 23.5. The van der Waals surface area contributed by atoms with E-state index >= 15 is 0 Å². The molecule has 2 bridgehead atoms. The van der Waals surface area contributed by atoms with Crippen LogP contribution in [0.2, 0.25) is 0 Å². The Morgan fingerprint density at radius 3 is 2.49 bits per heavy atom. The van der Waals surface area contributed by atoms with Crippen molar-refractivity contribution in [2.24, 2.45) is 40.7 Å². The Bertz CT molecular complexity index is 1620. The molecule has 8 atom stereocenters. The molecule has 4 fully saturated rings. The fourth-order valence-corrected chi connectivity index (χ4v) is 9.33. The summed E-state index contributed by atoms with van der Waals surface area (Å²) in [6.45, 7) is 10.8. The van der Waals surface area contributed by atoms with Gasteiger partial charge in [0.05, 0.1) is 19.3 Å². The Morgan fingerprint density at radius 1 is 1.06 bits per heavy atom. The second-order valence-electron chi connectivity index (χ2n) is 15.3. The van der Waals surface area contributed by atoms with Crippen LogP contribution in [0.25, 0.3) is 11.1 Å². The summed E-state index contributed by atoms with van der Waals surface area (Å²) in [5.41, 5.74) is 11.0. The van der Waals surface area contributed by atoms with Crippen molar-refractivity contribution >= 4 is 11.8 Å². The highest BCUT2D eigenvalue weighted by atomic mass is 16.5. The van der Waals surface area contributed by atoms with Crippen LogP contribution in [0.1, 0.15) is 62.0 Å². The summed E-state index contributed by atoms with van der Waals surface area (Å²) in [5.74, 6) is 1.94. The summed E-state index contributed by atoms with van der Waals surface area (Å²) in [6.07, 6.45) is 2.33. The van der Waals surface area contributed by atoms with Crippen LogP contribution in [0.4, 0.5) is 0 Å². The molecule has 8 nitrogen and oxygen atoms in total. The van der Waals surface area contributed by atoms with Crippen LogP contribution in [-0.4, -0.2) is 66.8 Å². The molecule has 5 N–H and O–H groups in total. The molecule has 3 saturated carbocycles. The number of hydrogen-bond acceptors (Lipinski definition) is 6. The molecule has 7 rings (SSSR count). The largest absolute Gasteiger partial charge is 0.496 e. The third-order valence-electron chi connectivity index (χ3n) is 12.2. The van der Waals surface area contributed by atoms with E-state index in [2.05, 4.69) is 48.4 Å². The Labute approximate surface area is 291 Å². The molecule has 3 aromatic rings. The minimum atomic E-state index is -0.680. The van der Waals surface area contributed by atoms with Gasteiger partial charge in [-0.1, -0.05) is 81.4 Å². The quantitative estimate of drug-likeness (QED) is 0.209. The number of methoxy groups -OCH3 is 1. The first-order valence-corrected chi connectivity index (χ1v) is 18.0. The molecule has 0 spiro atoms. The van der Waals surface area contributed by atoms with E-state index in [1.807, 2.05) is 60.7 Å². The number of ether oxygens (including phenoxy) is 1. The number of aliphatic hydroxyl groups excluding tert-OH is 1. The molecule has 3 aromatic carbocycles. The molecule has 0 radical (unpaired) electrons. The van der Waals surface area contributed by atoms with Gasteiger partial charge < -0.3 is 26.2 Å². The van der Waals surface area contributed by atoms with Crippen LogP contribution in [0, 0.1) is 35.0 Å². The predicted octanol–water partition coefficient (Wildman–Crippen LogP) is 5.28. The second-order valence-corrected chi connectivity index (χ2v) is 15.3. The van der Waals surface area contributed by atoms with E-state index in [1.165, 1.54) is 12.0 Å². The van der Waals surface area contributed by atoms with Gasteiger partial charge >= 0.3 is 0 Å². The molecule has 0 aromatic heterocycles. The van der Waals surface area contributed by atoms with E-state index in [9.17, 15) is 14.7 Å². The van der Waals surface area contributed by atoms with Crippen LogP contribution in [-0.2, 0) is 17.8 Å². The molecule has 1 aliphatic heterocycles. The Hall–Kier alpha value is -3.72. The first kappa shape index (κ1) is 35.1. The SMILES string of the molecule is COc1c(CN2C[C@@H](CN)[C@@H]([C@H](C)O)[C@H]2C(=O)N[C@H]2C[C@H]3C[C@@H]([C@@H]2C)C3(C)C)cccc1-c1cccc(C(=O)NCCc2ccccc2)c1. The van der Waals surface area contributed by atoms with Crippen molar-refractivity contribution < 1.29 is 19.4 Å². The van der Waals surface area contributed by atoms with Crippen molar-refractivity contribution in [3.8, 4) is 16.9 Å². The summed E-state index contributed by atoms with van der Waals surface area (Å²) in [4.78, 5) is 29.5. The average Bonchev–Trinajstić information content (AvgIpc) is 3.48. The molecule has 262 valence electrons. The monoisotopic (exact) mass is 666 g/mol. The zero-order valence-corrected chi connectivity index (χ0v) is 29.7. The van der Waals surface area contributed by atoms with Crippen molar-refractivity contribution in [2.45, 2.75) is 71.7 Å². The number of nitrogens with one attached hydrogen (secondary N) is 2. The minimum Gasteiger partial charge on any atom is -0.496 e. The van der Waals surface area contributed by atoms with Gasteiger partial charge in [0.1, 0.15) is 5.75 Å². The minimum absolute atomic E-state index is 0.0149. The highest BCUT2D eigenvalue weighted by molar-refractivity contribution is 5.95. The van der Waals surface area contributed by atoms with Crippen molar-refractivity contribution in [1.82, 2.24) is 15.5 Å². The number of carbonyl (C=O) groups is 2. The number of aliphatic hydroxyl groups is 1. The molecule has 2 amide bonds. The lowest BCUT2D eigenvalue weighted by Crippen LogP contribution is -2.62. The van der Waals surface area contributed by atoms with Gasteiger partial charge in [-0.15, -0.1) is 0 Å². The number of nitrogens with two attached hydrogens (primary N) is 1. The lowest BCUT2D eigenvalue weighted by Gasteiger charge is -2.62. The van der Waals surface area contributed by atoms with E-state index in [4.69, 9.17) is 10.5 Å². The summed E-state index contributed by atoms with van der Waals surface area (Å²) < 4.78 is 6.05. The average molecular weight is 667 g/mol. The van der Waals surface area contributed by atoms with Gasteiger partial charge in [0, 0.05) is 48.3 Å². The molecule has 8 heteroatoms. The van der Waals surface area contributed by atoms with Crippen LogP contribution in [0.3, 0.4) is 0 Å². The van der Waals surface area contributed by atoms with E-state index in [0.717, 1.165) is 29.5 Å². The number of rotatable bonds is 12. The van der Waals surface area contributed by atoms with E-state index in [1.54, 1.807) is 14.0 Å². The molecule has 1 heterocycles. The standard InChI is InChI=1S/C41H54N4O4/c1-25-34-20-32(41(34,3)4)21-35(25)44-40(48)37-36(26(2)46)31(22-42)24-45(37)23-30-15-10-16-33(38(30)49-5)28-13-9-14-29(19-28)39(47)43-18-17-27-11-7-6-8-12-27/h6-16,19,25-26,31-32,34-37,46H,17-18,20-24,42H2,1-5H3,(H,43,47)(H,44,48)/t25-,26-,31+,32+,34-,35-,36+,37-/m0/s1. The Balaban J connectivity index is 1.21. The summed E-state index contributed by atoms with van der Waals surface area (Å²) in [6, 6.07) is 23.4.